The lowest BCUT2D eigenvalue weighted by molar-refractivity contribution is 0.284. The first-order chi connectivity index (χ1) is 15.9. The van der Waals surface area contributed by atoms with Gasteiger partial charge in [0.1, 0.15) is 0 Å². The topological polar surface area (TPSA) is 0 Å². The van der Waals surface area contributed by atoms with E-state index in [2.05, 4.69) is 85.6 Å². The van der Waals surface area contributed by atoms with E-state index in [-0.39, 0.29) is 0 Å². The van der Waals surface area contributed by atoms with E-state index in [4.69, 9.17) is 6.42 Å². The molecule has 1 fully saturated rings. The summed E-state index contributed by atoms with van der Waals surface area (Å²) in [7, 11) is 0. The number of allylic oxidation sites excluding steroid dienone is 8. The molecule has 0 N–H and O–H groups in total. The minimum Gasteiger partial charge on any atom is -0.115 e. The van der Waals surface area contributed by atoms with E-state index in [1.165, 1.54) is 48.8 Å². The van der Waals surface area contributed by atoms with E-state index in [1.54, 1.807) is 0 Å². The van der Waals surface area contributed by atoms with Crippen LogP contribution >= 0.6 is 0 Å². The summed E-state index contributed by atoms with van der Waals surface area (Å²) in [4.78, 5) is 0. The van der Waals surface area contributed by atoms with Crippen LogP contribution in [0.25, 0.3) is 0 Å². The molecule has 0 heterocycles. The molecule has 0 aromatic carbocycles. The van der Waals surface area contributed by atoms with E-state index in [9.17, 15) is 0 Å². The second-order valence-electron chi connectivity index (χ2n) is 8.75. The van der Waals surface area contributed by atoms with Crippen LogP contribution in [-0.4, -0.2) is 0 Å². The smallest absolute Gasteiger partial charge is 0.0274 e. The van der Waals surface area contributed by atoms with Crippen molar-refractivity contribution in [3.63, 3.8) is 0 Å². The van der Waals surface area contributed by atoms with Crippen molar-refractivity contribution in [1.29, 1.82) is 0 Å². The summed E-state index contributed by atoms with van der Waals surface area (Å²) >= 11 is 0. The molecule has 1 rings (SSSR count). The Kier molecular flexibility index (Phi) is 27.5. The normalized spacial score (nSPS) is 19.3. The monoisotopic (exact) mass is 456 g/mol. The van der Waals surface area contributed by atoms with Crippen LogP contribution in [0.1, 0.15) is 134 Å². The number of rotatable bonds is 8. The quantitative estimate of drug-likeness (QED) is 0.251. The lowest BCUT2D eigenvalue weighted by atomic mass is 9.82. The van der Waals surface area contributed by atoms with Crippen molar-refractivity contribution in [3.8, 4) is 12.3 Å². The zero-order valence-corrected chi connectivity index (χ0v) is 24.8. The molecule has 1 saturated carbocycles. The lowest BCUT2D eigenvalue weighted by Crippen LogP contribution is -2.10. The Morgan fingerprint density at radius 2 is 1.42 bits per heavy atom. The van der Waals surface area contributed by atoms with Gasteiger partial charge in [0, 0.05) is 5.57 Å². The standard InChI is InChI=1S/C20H30.C9H18.2C2H6/c1-8-17(9-2)15-20(12-5)19(11-4)14-13-18(10-3)16(6)7;1-3-9-6-4-8(2)5-7-9;2*1-2/h4,8,13-16H,9-10,12H2,1-3,5-7H3;8-9H,3-7H2,1-2H3;2*1-2H3/b17-8-,18-13-,19-14+,20-15+;;;. The largest absolute Gasteiger partial charge is 0.115 e. The molecule has 1 aliphatic carbocycles. The van der Waals surface area contributed by atoms with Crippen LogP contribution < -0.4 is 0 Å². The molecule has 192 valence electrons. The third kappa shape index (κ3) is 17.6. The first kappa shape index (κ1) is 36.1. The summed E-state index contributed by atoms with van der Waals surface area (Å²) in [5, 5.41) is 0. The average molecular weight is 457 g/mol. The van der Waals surface area contributed by atoms with Crippen molar-refractivity contribution in [2.45, 2.75) is 134 Å². The fraction of sp³-hybridized carbons (Fsp3) is 0.697. The van der Waals surface area contributed by atoms with Crippen LogP contribution in [0.5, 0.6) is 0 Å². The Bertz CT molecular complexity index is 592. The number of terminal acetylenes is 1. The average Bonchev–Trinajstić information content (AvgIpc) is 2.86. The Morgan fingerprint density at radius 1 is 0.879 bits per heavy atom. The van der Waals surface area contributed by atoms with Crippen LogP contribution in [0.4, 0.5) is 0 Å². The zero-order chi connectivity index (χ0) is 26.2. The summed E-state index contributed by atoms with van der Waals surface area (Å²) in [5.41, 5.74) is 5.03. The highest BCUT2D eigenvalue weighted by Crippen LogP contribution is 2.29. The molecule has 1 aliphatic rings. The van der Waals surface area contributed by atoms with Crippen LogP contribution in [0.3, 0.4) is 0 Å². The van der Waals surface area contributed by atoms with Gasteiger partial charge in [0.2, 0.25) is 0 Å². The van der Waals surface area contributed by atoms with Crippen molar-refractivity contribution in [3.05, 3.63) is 46.6 Å². The number of hydrogen-bond donors (Lipinski definition) is 0. The first-order valence-electron chi connectivity index (χ1n) is 14.1. The van der Waals surface area contributed by atoms with Gasteiger partial charge in [0.25, 0.3) is 0 Å². The van der Waals surface area contributed by atoms with Gasteiger partial charge in [-0.2, -0.15) is 0 Å². The fourth-order valence-corrected chi connectivity index (χ4v) is 3.88. The van der Waals surface area contributed by atoms with Crippen molar-refractivity contribution >= 4 is 0 Å². The van der Waals surface area contributed by atoms with Gasteiger partial charge in [-0.05, 0) is 55.6 Å². The molecule has 0 saturated heterocycles. The Balaban J connectivity index is -0.000000570. The molecule has 0 spiro atoms. The second-order valence-corrected chi connectivity index (χ2v) is 8.75. The molecule has 0 unspecified atom stereocenters. The van der Waals surface area contributed by atoms with Crippen LogP contribution in [-0.2, 0) is 0 Å². The van der Waals surface area contributed by atoms with Gasteiger partial charge >= 0.3 is 0 Å². The van der Waals surface area contributed by atoms with Gasteiger partial charge in [-0.15, -0.1) is 6.42 Å². The summed E-state index contributed by atoms with van der Waals surface area (Å²) in [6.07, 6.45) is 24.9. The molecule has 0 radical (unpaired) electrons. The van der Waals surface area contributed by atoms with E-state index in [0.717, 1.165) is 36.7 Å². The molecule has 0 aromatic rings. The predicted molar refractivity (Wildman–Crippen MR) is 157 cm³/mol. The highest BCUT2D eigenvalue weighted by Gasteiger charge is 2.15. The minimum absolute atomic E-state index is 0.575. The molecule has 0 atom stereocenters. The minimum atomic E-state index is 0.575. The van der Waals surface area contributed by atoms with Gasteiger partial charge in [-0.1, -0.05) is 144 Å². The Labute approximate surface area is 211 Å². The lowest BCUT2D eigenvalue weighted by Gasteiger charge is -2.24. The molecular weight excluding hydrogens is 396 g/mol. The van der Waals surface area contributed by atoms with Crippen molar-refractivity contribution in [2.75, 3.05) is 0 Å². The molecule has 0 aliphatic heterocycles. The SMILES string of the molecule is C#CC(=C\C=C(\CC)C(C)C)/C(=C/C(=C\C)CC)CC.CC.CC.CCC1CCC(C)CC1. The molecule has 33 heavy (non-hydrogen) atoms. The Hall–Kier alpha value is -1.48. The van der Waals surface area contributed by atoms with E-state index in [0.29, 0.717) is 5.92 Å². The van der Waals surface area contributed by atoms with Crippen molar-refractivity contribution < 1.29 is 0 Å². The van der Waals surface area contributed by atoms with Crippen LogP contribution in [0.2, 0.25) is 0 Å². The molecule has 0 bridgehead atoms. The van der Waals surface area contributed by atoms with Gasteiger partial charge in [-0.25, -0.2) is 0 Å². The molecule has 0 amide bonds. The van der Waals surface area contributed by atoms with Crippen molar-refractivity contribution in [1.82, 2.24) is 0 Å². The highest BCUT2D eigenvalue weighted by atomic mass is 14.2. The van der Waals surface area contributed by atoms with E-state index >= 15 is 0 Å². The summed E-state index contributed by atoms with van der Waals surface area (Å²) in [6, 6.07) is 0. The van der Waals surface area contributed by atoms with Gasteiger partial charge in [0.05, 0.1) is 0 Å². The van der Waals surface area contributed by atoms with Gasteiger partial charge in [0.15, 0.2) is 0 Å². The summed E-state index contributed by atoms with van der Waals surface area (Å²) in [6.45, 7) is 25.8. The predicted octanol–water partition coefficient (Wildman–Crippen LogP) is 11.5. The molecule has 0 aromatic heterocycles. The maximum absolute atomic E-state index is 5.70. The Morgan fingerprint density at radius 3 is 1.76 bits per heavy atom. The van der Waals surface area contributed by atoms with Crippen LogP contribution in [0, 0.1) is 30.1 Å². The van der Waals surface area contributed by atoms with E-state index in [1.807, 2.05) is 27.7 Å². The highest BCUT2D eigenvalue weighted by molar-refractivity contribution is 5.49. The van der Waals surface area contributed by atoms with Crippen LogP contribution in [0.15, 0.2) is 46.6 Å². The summed E-state index contributed by atoms with van der Waals surface area (Å²) in [5.74, 6) is 5.51. The zero-order valence-electron chi connectivity index (χ0n) is 24.8. The van der Waals surface area contributed by atoms with Gasteiger partial charge in [-0.3, -0.25) is 0 Å². The molecule has 0 nitrogen and oxygen atoms in total. The number of hydrogen-bond acceptors (Lipinski definition) is 0. The third-order valence-corrected chi connectivity index (χ3v) is 6.35. The maximum Gasteiger partial charge on any atom is 0.0274 e. The molecule has 0 heteroatoms. The molecular formula is C33H60. The van der Waals surface area contributed by atoms with E-state index < -0.39 is 0 Å². The third-order valence-electron chi connectivity index (χ3n) is 6.35. The maximum atomic E-state index is 5.70. The fourth-order valence-electron chi connectivity index (χ4n) is 3.88. The van der Waals surface area contributed by atoms with Gasteiger partial charge < -0.3 is 0 Å². The second kappa shape index (κ2) is 25.1. The van der Waals surface area contributed by atoms with Crippen molar-refractivity contribution in [2.24, 2.45) is 17.8 Å². The summed E-state index contributed by atoms with van der Waals surface area (Å²) < 4.78 is 0. The first-order valence-corrected chi connectivity index (χ1v) is 14.1.